The molecular weight excluding hydrogens is 374 g/mol. The van der Waals surface area contributed by atoms with Crippen molar-refractivity contribution < 1.29 is 14.3 Å². The van der Waals surface area contributed by atoms with Crippen molar-refractivity contribution in [1.29, 1.82) is 0 Å². The average Bonchev–Trinajstić information content (AvgIpc) is 2.73. The number of urea groups is 1. The van der Waals surface area contributed by atoms with Gasteiger partial charge in [-0.05, 0) is 38.8 Å². The summed E-state index contributed by atoms with van der Waals surface area (Å²) >= 11 is 0. The predicted molar refractivity (Wildman–Crippen MR) is 110 cm³/mol. The van der Waals surface area contributed by atoms with Gasteiger partial charge < -0.3 is 24.8 Å². The number of carbonyl (C=O) groups excluding carboxylic acids is 2. The Labute approximate surface area is 169 Å². The van der Waals surface area contributed by atoms with Gasteiger partial charge in [0, 0.05) is 25.7 Å². The van der Waals surface area contributed by atoms with Gasteiger partial charge >= 0.3 is 12.0 Å². The number of para-hydroxylation sites is 2. The highest BCUT2D eigenvalue weighted by Gasteiger charge is 2.24. The normalized spacial score (nSPS) is 14.6. The van der Waals surface area contributed by atoms with Crippen LogP contribution in [0.3, 0.4) is 0 Å². The Hall–Kier alpha value is -3.10. The number of carbonyl (C=O) groups is 2. The van der Waals surface area contributed by atoms with Crippen molar-refractivity contribution >= 4 is 28.9 Å². The molecule has 3 rings (SSSR count). The lowest BCUT2D eigenvalue weighted by molar-refractivity contribution is -0.141. The van der Waals surface area contributed by atoms with Crippen LogP contribution < -0.4 is 21.1 Å². The maximum absolute atomic E-state index is 12.9. The number of esters is 1. The molecule has 0 bridgehead atoms. The lowest BCUT2D eigenvalue weighted by atomic mass is 10.1. The van der Waals surface area contributed by atoms with Gasteiger partial charge in [0.1, 0.15) is 6.54 Å². The minimum Gasteiger partial charge on any atom is -0.465 e. The third-order valence-electron chi connectivity index (χ3n) is 4.98. The van der Waals surface area contributed by atoms with Gasteiger partial charge in [0.2, 0.25) is 0 Å². The second-order valence-corrected chi connectivity index (χ2v) is 6.87. The number of aryl methyl sites for hydroxylation is 1. The number of ether oxygens (including phenoxy) is 1. The Morgan fingerprint density at radius 3 is 2.62 bits per heavy atom. The first-order valence-electron chi connectivity index (χ1n) is 9.98. The summed E-state index contributed by atoms with van der Waals surface area (Å²) in [5, 5.41) is 5.36. The van der Waals surface area contributed by atoms with Gasteiger partial charge in [-0.3, -0.25) is 9.59 Å². The molecule has 1 fully saturated rings. The van der Waals surface area contributed by atoms with Crippen LogP contribution in [0.15, 0.2) is 29.1 Å². The molecule has 9 nitrogen and oxygen atoms in total. The first-order chi connectivity index (χ1) is 14.0. The van der Waals surface area contributed by atoms with E-state index in [4.69, 9.17) is 4.74 Å². The van der Waals surface area contributed by atoms with E-state index in [9.17, 15) is 14.4 Å². The van der Waals surface area contributed by atoms with Crippen molar-refractivity contribution in [2.24, 2.45) is 0 Å². The van der Waals surface area contributed by atoms with Gasteiger partial charge in [-0.25, -0.2) is 9.78 Å². The van der Waals surface area contributed by atoms with E-state index in [0.29, 0.717) is 38.3 Å². The Kier molecular flexibility index (Phi) is 6.69. The first kappa shape index (κ1) is 20.6. The van der Waals surface area contributed by atoms with Crippen LogP contribution in [0.5, 0.6) is 0 Å². The molecule has 156 valence electrons. The predicted octanol–water partition coefficient (Wildman–Crippen LogP) is 1.25. The summed E-state index contributed by atoms with van der Waals surface area (Å²) in [5.74, 6) is -0.0113. The summed E-state index contributed by atoms with van der Waals surface area (Å²) < 4.78 is 6.52. The van der Waals surface area contributed by atoms with Crippen molar-refractivity contribution in [3.05, 3.63) is 34.6 Å². The van der Waals surface area contributed by atoms with E-state index >= 15 is 0 Å². The van der Waals surface area contributed by atoms with E-state index in [-0.39, 0.29) is 24.8 Å². The van der Waals surface area contributed by atoms with Crippen LogP contribution in [0, 0.1) is 0 Å². The van der Waals surface area contributed by atoms with E-state index in [1.54, 1.807) is 11.5 Å². The molecule has 1 aromatic carbocycles. The van der Waals surface area contributed by atoms with Crippen molar-refractivity contribution in [1.82, 2.24) is 20.2 Å². The topological polar surface area (TPSA) is 106 Å². The molecule has 0 unspecified atom stereocenters. The molecule has 2 amide bonds. The number of nitrogens with zero attached hydrogens (tertiary/aromatic N) is 3. The van der Waals surface area contributed by atoms with Gasteiger partial charge in [0.25, 0.3) is 5.56 Å². The van der Waals surface area contributed by atoms with Crippen LogP contribution in [0.25, 0.3) is 11.0 Å². The molecule has 2 N–H and O–H groups in total. The Morgan fingerprint density at radius 1 is 1.21 bits per heavy atom. The molecule has 2 heterocycles. The highest BCUT2D eigenvalue weighted by Crippen LogP contribution is 2.18. The number of hydrogen-bond donors (Lipinski definition) is 2. The number of piperidine rings is 1. The summed E-state index contributed by atoms with van der Waals surface area (Å²) in [6, 6.07) is 7.21. The van der Waals surface area contributed by atoms with Gasteiger partial charge in [-0.15, -0.1) is 0 Å². The number of anilines is 1. The third-order valence-corrected chi connectivity index (χ3v) is 4.98. The number of fused-ring (bicyclic) bond motifs is 1. The summed E-state index contributed by atoms with van der Waals surface area (Å²) in [6.07, 6.45) is 1.37. The molecule has 1 aliphatic rings. The van der Waals surface area contributed by atoms with E-state index in [2.05, 4.69) is 15.6 Å². The number of nitrogens with one attached hydrogen (secondary N) is 2. The molecule has 2 aromatic rings. The largest absolute Gasteiger partial charge is 0.465 e. The van der Waals surface area contributed by atoms with Crippen LogP contribution in [0.4, 0.5) is 10.6 Å². The molecule has 0 spiro atoms. The maximum atomic E-state index is 12.9. The van der Waals surface area contributed by atoms with Crippen molar-refractivity contribution in [2.45, 2.75) is 39.3 Å². The van der Waals surface area contributed by atoms with Gasteiger partial charge in [0.05, 0.1) is 17.6 Å². The van der Waals surface area contributed by atoms with Crippen molar-refractivity contribution in [3.8, 4) is 0 Å². The number of hydrogen-bond acceptors (Lipinski definition) is 6. The van der Waals surface area contributed by atoms with Crippen molar-refractivity contribution in [2.75, 3.05) is 31.1 Å². The molecule has 0 saturated carbocycles. The quantitative estimate of drug-likeness (QED) is 0.706. The first-order valence-corrected chi connectivity index (χ1v) is 9.98. The fourth-order valence-electron chi connectivity index (χ4n) is 3.54. The second kappa shape index (κ2) is 9.40. The highest BCUT2D eigenvalue weighted by atomic mass is 16.5. The van der Waals surface area contributed by atoms with E-state index in [1.807, 2.05) is 36.1 Å². The van der Waals surface area contributed by atoms with Gasteiger partial charge in [-0.2, -0.15) is 0 Å². The number of aromatic nitrogens is 2. The smallest absolute Gasteiger partial charge is 0.325 e. The van der Waals surface area contributed by atoms with Crippen LogP contribution >= 0.6 is 0 Å². The second-order valence-electron chi connectivity index (χ2n) is 6.87. The fraction of sp³-hybridized carbons (Fsp3) is 0.500. The molecule has 1 aliphatic heterocycles. The number of amides is 2. The summed E-state index contributed by atoms with van der Waals surface area (Å²) in [5.41, 5.74) is 1.53. The fourth-order valence-corrected chi connectivity index (χ4v) is 3.54. The molecule has 0 radical (unpaired) electrons. The standard InChI is InChI=1S/C20H27N5O4/c1-3-25-16-8-6-5-7-15(16)23-18(19(25)27)24-11-9-14(10-12-24)22-20(28)21-13-17(26)29-4-2/h5-8,14H,3-4,9-13H2,1-2H3,(H2,21,22,28). The molecule has 1 aromatic heterocycles. The van der Waals surface area contributed by atoms with Crippen LogP contribution in [0.1, 0.15) is 26.7 Å². The molecule has 9 heteroatoms. The Morgan fingerprint density at radius 2 is 1.93 bits per heavy atom. The number of rotatable bonds is 6. The number of benzene rings is 1. The van der Waals surface area contributed by atoms with Crippen LogP contribution in [0.2, 0.25) is 0 Å². The van der Waals surface area contributed by atoms with Crippen molar-refractivity contribution in [3.63, 3.8) is 0 Å². The minimum absolute atomic E-state index is 0.0256. The molecule has 0 aliphatic carbocycles. The van der Waals surface area contributed by atoms with Crippen LogP contribution in [-0.4, -0.2) is 53.8 Å². The molecule has 29 heavy (non-hydrogen) atoms. The summed E-state index contributed by atoms with van der Waals surface area (Å²) in [4.78, 5) is 42.7. The van der Waals surface area contributed by atoms with E-state index in [0.717, 1.165) is 11.0 Å². The molecule has 1 saturated heterocycles. The zero-order valence-corrected chi connectivity index (χ0v) is 16.8. The molecular formula is C20H27N5O4. The Balaban J connectivity index is 1.61. The summed E-state index contributed by atoms with van der Waals surface area (Å²) in [7, 11) is 0. The van der Waals surface area contributed by atoms with E-state index in [1.165, 1.54) is 0 Å². The molecule has 0 atom stereocenters. The monoisotopic (exact) mass is 401 g/mol. The zero-order chi connectivity index (χ0) is 20.8. The Bertz CT molecular complexity index is 934. The van der Waals surface area contributed by atoms with Gasteiger partial charge in [0.15, 0.2) is 5.82 Å². The minimum atomic E-state index is -0.466. The lowest BCUT2D eigenvalue weighted by Crippen LogP contribution is -2.49. The average molecular weight is 401 g/mol. The highest BCUT2D eigenvalue weighted by molar-refractivity contribution is 5.81. The third kappa shape index (κ3) is 4.85. The SMILES string of the molecule is CCOC(=O)CNC(=O)NC1CCN(c2nc3ccccc3n(CC)c2=O)CC1. The lowest BCUT2D eigenvalue weighted by Gasteiger charge is -2.33. The zero-order valence-electron chi connectivity index (χ0n) is 16.8. The van der Waals surface area contributed by atoms with Gasteiger partial charge in [-0.1, -0.05) is 12.1 Å². The van der Waals surface area contributed by atoms with E-state index < -0.39 is 12.0 Å². The van der Waals surface area contributed by atoms with Crippen LogP contribution in [-0.2, 0) is 16.1 Å². The summed E-state index contributed by atoms with van der Waals surface area (Å²) in [6.45, 7) is 5.60. The maximum Gasteiger partial charge on any atom is 0.325 e.